The summed E-state index contributed by atoms with van der Waals surface area (Å²) in [5.41, 5.74) is 5.19. The summed E-state index contributed by atoms with van der Waals surface area (Å²) < 4.78 is 2.22. The Balaban J connectivity index is 1.54. The Kier molecular flexibility index (Phi) is 4.02. The molecule has 0 saturated heterocycles. The smallest absolute Gasteiger partial charge is 0.238 e. The van der Waals surface area contributed by atoms with Crippen LogP contribution in [0.4, 0.5) is 5.69 Å². The van der Waals surface area contributed by atoms with Crippen molar-refractivity contribution in [3.05, 3.63) is 59.4 Å². The summed E-state index contributed by atoms with van der Waals surface area (Å²) in [7, 11) is 0. The summed E-state index contributed by atoms with van der Waals surface area (Å²) in [6.45, 7) is 3.55. The van der Waals surface area contributed by atoms with Crippen molar-refractivity contribution >= 4 is 22.6 Å². The van der Waals surface area contributed by atoms with Gasteiger partial charge in [0.05, 0.1) is 23.0 Å². The number of hydrogen-bond acceptors (Lipinski definition) is 3. The van der Waals surface area contributed by atoms with Crippen molar-refractivity contribution in [3.8, 4) is 0 Å². The number of imidazole rings is 1. The number of aryl methyl sites for hydroxylation is 2. The van der Waals surface area contributed by atoms with Crippen molar-refractivity contribution in [3.63, 3.8) is 0 Å². The Morgan fingerprint density at radius 2 is 1.96 bits per heavy atom. The minimum atomic E-state index is -0.277. The third kappa shape index (κ3) is 2.57. The van der Waals surface area contributed by atoms with Gasteiger partial charge < -0.3 is 14.6 Å². The number of benzene rings is 2. The standard InChI is InChI=1S/C23H25N3O2/c1-16-8-9-20-18(14-16)24-21(25(20)12-4-5-13-27)15-26-19-7-3-2-6-17(19)23(10-11-23)22(26)28/h2-3,6-9,14,27H,4-5,10-13,15H2,1H3. The van der Waals surface area contributed by atoms with E-state index in [0.29, 0.717) is 6.54 Å². The number of aromatic nitrogens is 2. The molecule has 0 bridgehead atoms. The van der Waals surface area contributed by atoms with E-state index >= 15 is 0 Å². The quantitative estimate of drug-likeness (QED) is 0.669. The SMILES string of the molecule is Cc1ccc2c(c1)nc(CN1C(=O)C3(CC3)c3ccccc31)n2CCCCO. The first-order valence-corrected chi connectivity index (χ1v) is 10.1. The Morgan fingerprint density at radius 1 is 1.14 bits per heavy atom. The van der Waals surface area contributed by atoms with Crippen molar-refractivity contribution in [2.24, 2.45) is 0 Å². The van der Waals surface area contributed by atoms with Crippen LogP contribution in [0.15, 0.2) is 42.5 Å². The van der Waals surface area contributed by atoms with Crippen LogP contribution >= 0.6 is 0 Å². The third-order valence-electron chi connectivity index (χ3n) is 6.19. The van der Waals surface area contributed by atoms with E-state index in [4.69, 9.17) is 4.98 Å². The maximum absolute atomic E-state index is 13.2. The fourth-order valence-corrected chi connectivity index (χ4v) is 4.54. The number of anilines is 1. The number of amides is 1. The van der Waals surface area contributed by atoms with Crippen LogP contribution in [0.3, 0.4) is 0 Å². The summed E-state index contributed by atoms with van der Waals surface area (Å²) in [6, 6.07) is 14.5. The largest absolute Gasteiger partial charge is 0.396 e. The highest BCUT2D eigenvalue weighted by Crippen LogP contribution is 2.57. The fourth-order valence-electron chi connectivity index (χ4n) is 4.54. The molecule has 2 aromatic carbocycles. The topological polar surface area (TPSA) is 58.4 Å². The predicted octanol–water partition coefficient (Wildman–Crippen LogP) is 3.70. The van der Waals surface area contributed by atoms with Gasteiger partial charge >= 0.3 is 0 Å². The van der Waals surface area contributed by atoms with Crippen LogP contribution in [0.25, 0.3) is 11.0 Å². The van der Waals surface area contributed by atoms with Crippen LogP contribution in [-0.4, -0.2) is 27.2 Å². The molecule has 5 nitrogen and oxygen atoms in total. The van der Waals surface area contributed by atoms with Crippen molar-refractivity contribution in [1.82, 2.24) is 9.55 Å². The number of unbranched alkanes of at least 4 members (excludes halogenated alkanes) is 1. The number of para-hydroxylation sites is 1. The normalized spacial score (nSPS) is 16.9. The molecule has 1 aromatic heterocycles. The van der Waals surface area contributed by atoms with Crippen molar-refractivity contribution in [1.29, 1.82) is 0 Å². The molecule has 1 fully saturated rings. The van der Waals surface area contributed by atoms with Gasteiger partial charge in [0, 0.05) is 18.8 Å². The molecule has 1 aliphatic carbocycles. The first-order valence-electron chi connectivity index (χ1n) is 10.1. The molecule has 5 rings (SSSR count). The molecule has 1 spiro atoms. The van der Waals surface area contributed by atoms with Gasteiger partial charge in [-0.05, 0) is 61.9 Å². The van der Waals surface area contributed by atoms with Crippen LogP contribution in [0.2, 0.25) is 0 Å². The Labute approximate surface area is 164 Å². The second-order valence-corrected chi connectivity index (χ2v) is 8.09. The molecular weight excluding hydrogens is 350 g/mol. The van der Waals surface area contributed by atoms with E-state index in [1.165, 1.54) is 11.1 Å². The van der Waals surface area contributed by atoms with Crippen molar-refractivity contribution < 1.29 is 9.90 Å². The number of carbonyl (C=O) groups is 1. The lowest BCUT2D eigenvalue weighted by atomic mass is 9.98. The van der Waals surface area contributed by atoms with Gasteiger partial charge in [-0.2, -0.15) is 0 Å². The molecule has 0 unspecified atom stereocenters. The number of nitrogens with zero attached hydrogens (tertiary/aromatic N) is 3. The number of rotatable bonds is 6. The molecule has 1 amide bonds. The van der Waals surface area contributed by atoms with E-state index < -0.39 is 0 Å². The lowest BCUT2D eigenvalue weighted by molar-refractivity contribution is -0.120. The minimum Gasteiger partial charge on any atom is -0.396 e. The van der Waals surface area contributed by atoms with E-state index in [0.717, 1.165) is 54.8 Å². The Morgan fingerprint density at radius 3 is 2.75 bits per heavy atom. The van der Waals surface area contributed by atoms with Gasteiger partial charge in [0.25, 0.3) is 0 Å². The zero-order valence-electron chi connectivity index (χ0n) is 16.2. The van der Waals surface area contributed by atoms with Gasteiger partial charge in [0.1, 0.15) is 5.82 Å². The number of aliphatic hydroxyl groups is 1. The van der Waals surface area contributed by atoms with Gasteiger partial charge in [0.2, 0.25) is 5.91 Å². The van der Waals surface area contributed by atoms with Gasteiger partial charge in [-0.25, -0.2) is 4.98 Å². The van der Waals surface area contributed by atoms with Gasteiger partial charge in [-0.15, -0.1) is 0 Å². The molecule has 2 aliphatic rings. The maximum atomic E-state index is 13.2. The highest BCUT2D eigenvalue weighted by molar-refractivity contribution is 6.10. The summed E-state index contributed by atoms with van der Waals surface area (Å²) in [5, 5.41) is 9.17. The summed E-state index contributed by atoms with van der Waals surface area (Å²) in [4.78, 5) is 20.1. The zero-order valence-corrected chi connectivity index (χ0v) is 16.2. The predicted molar refractivity (Wildman–Crippen MR) is 109 cm³/mol. The van der Waals surface area contributed by atoms with E-state index in [9.17, 15) is 9.90 Å². The summed E-state index contributed by atoms with van der Waals surface area (Å²) in [6.07, 6.45) is 3.55. The minimum absolute atomic E-state index is 0.196. The van der Waals surface area contributed by atoms with Crippen LogP contribution in [0.1, 0.15) is 42.6 Å². The van der Waals surface area contributed by atoms with Crippen LogP contribution in [-0.2, 0) is 23.3 Å². The molecule has 28 heavy (non-hydrogen) atoms. The molecule has 1 saturated carbocycles. The molecule has 5 heteroatoms. The molecule has 144 valence electrons. The van der Waals surface area contributed by atoms with Crippen LogP contribution < -0.4 is 4.90 Å². The second-order valence-electron chi connectivity index (χ2n) is 8.09. The Hall–Kier alpha value is -2.66. The van der Waals surface area contributed by atoms with Crippen molar-refractivity contribution in [2.45, 2.75) is 51.1 Å². The first kappa shape index (κ1) is 17.4. The molecule has 2 heterocycles. The monoisotopic (exact) mass is 375 g/mol. The Bertz CT molecular complexity index is 1060. The summed E-state index contributed by atoms with van der Waals surface area (Å²) >= 11 is 0. The number of aliphatic hydroxyl groups excluding tert-OH is 1. The molecule has 1 N–H and O–H groups in total. The second kappa shape index (κ2) is 6.45. The van der Waals surface area contributed by atoms with E-state index in [1.54, 1.807) is 0 Å². The van der Waals surface area contributed by atoms with E-state index in [2.05, 4.69) is 41.8 Å². The highest BCUT2D eigenvalue weighted by atomic mass is 16.3. The van der Waals surface area contributed by atoms with Gasteiger partial charge in [-0.1, -0.05) is 24.3 Å². The van der Waals surface area contributed by atoms with E-state index in [1.807, 2.05) is 17.0 Å². The molecule has 3 aromatic rings. The average molecular weight is 375 g/mol. The zero-order chi connectivity index (χ0) is 19.3. The molecule has 0 atom stereocenters. The highest BCUT2D eigenvalue weighted by Gasteiger charge is 2.59. The molecular formula is C23H25N3O2. The number of carbonyl (C=O) groups excluding carboxylic acids is 1. The number of fused-ring (bicyclic) bond motifs is 3. The molecule has 1 aliphatic heterocycles. The number of hydrogen-bond donors (Lipinski definition) is 1. The van der Waals surface area contributed by atoms with Crippen LogP contribution in [0.5, 0.6) is 0 Å². The van der Waals surface area contributed by atoms with Gasteiger partial charge in [0.15, 0.2) is 0 Å². The fraction of sp³-hybridized carbons (Fsp3) is 0.391. The average Bonchev–Trinajstić information content (AvgIpc) is 3.39. The van der Waals surface area contributed by atoms with Crippen LogP contribution in [0, 0.1) is 6.92 Å². The third-order valence-corrected chi connectivity index (χ3v) is 6.19. The first-order chi connectivity index (χ1) is 13.6. The lowest BCUT2D eigenvalue weighted by Gasteiger charge is -2.19. The van der Waals surface area contributed by atoms with E-state index in [-0.39, 0.29) is 17.9 Å². The summed E-state index contributed by atoms with van der Waals surface area (Å²) in [5.74, 6) is 1.14. The maximum Gasteiger partial charge on any atom is 0.238 e. The van der Waals surface area contributed by atoms with Crippen molar-refractivity contribution in [2.75, 3.05) is 11.5 Å². The van der Waals surface area contributed by atoms with Gasteiger partial charge in [-0.3, -0.25) is 4.79 Å². The molecule has 0 radical (unpaired) electrons. The lowest BCUT2D eigenvalue weighted by Crippen LogP contribution is -2.32.